The number of hydrogen-bond acceptors (Lipinski definition) is 4. The van der Waals surface area contributed by atoms with Gasteiger partial charge in [-0.1, -0.05) is 30.3 Å². The summed E-state index contributed by atoms with van der Waals surface area (Å²) in [6.45, 7) is 10.9. The lowest BCUT2D eigenvalue weighted by Gasteiger charge is -2.44. The fraction of sp³-hybridized carbons (Fsp3) is 0.526. The molecule has 0 amide bonds. The van der Waals surface area contributed by atoms with Gasteiger partial charge >= 0.3 is 0 Å². The van der Waals surface area contributed by atoms with Gasteiger partial charge in [-0.3, -0.25) is 4.79 Å². The minimum absolute atomic E-state index is 0.0558. The minimum atomic E-state index is -0.224. The average Bonchev–Trinajstić information content (AvgIpc) is 3.05. The third-order valence-corrected chi connectivity index (χ3v) is 4.86. The summed E-state index contributed by atoms with van der Waals surface area (Å²) in [5.41, 5.74) is 1.30. The van der Waals surface area contributed by atoms with E-state index in [-0.39, 0.29) is 17.0 Å². The Morgan fingerprint density at radius 3 is 2.30 bits per heavy atom. The quantitative estimate of drug-likeness (QED) is 0.687. The van der Waals surface area contributed by atoms with Gasteiger partial charge in [-0.2, -0.15) is 0 Å². The first-order chi connectivity index (χ1) is 10.8. The molecular weight excluding hydrogens is 286 g/mol. The van der Waals surface area contributed by atoms with Crippen molar-refractivity contribution in [3.8, 4) is 0 Å². The molecule has 23 heavy (non-hydrogen) atoms. The summed E-state index contributed by atoms with van der Waals surface area (Å²) < 4.78 is 0. The monoisotopic (exact) mass is 313 g/mol. The first kappa shape index (κ1) is 16.2. The Labute approximate surface area is 139 Å². The van der Waals surface area contributed by atoms with Crippen LogP contribution < -0.4 is 5.32 Å². The highest BCUT2D eigenvalue weighted by molar-refractivity contribution is 6.05. The normalized spacial score (nSPS) is 25.7. The van der Waals surface area contributed by atoms with E-state index in [1.54, 1.807) is 6.08 Å². The third-order valence-electron chi connectivity index (χ3n) is 4.86. The highest BCUT2D eigenvalue weighted by Gasteiger charge is 2.51. The van der Waals surface area contributed by atoms with Crippen LogP contribution in [0.15, 0.2) is 42.1 Å². The smallest absolute Gasteiger partial charge is 0.187 e. The number of nitrogens with zero attached hydrogens (tertiary/aromatic N) is 2. The van der Waals surface area contributed by atoms with Crippen LogP contribution in [0.3, 0.4) is 0 Å². The van der Waals surface area contributed by atoms with Crippen molar-refractivity contribution in [2.75, 3.05) is 13.1 Å². The Balaban J connectivity index is 1.91. The zero-order valence-corrected chi connectivity index (χ0v) is 14.6. The van der Waals surface area contributed by atoms with Gasteiger partial charge in [0.05, 0.1) is 11.2 Å². The van der Waals surface area contributed by atoms with Crippen molar-refractivity contribution < 1.29 is 4.79 Å². The van der Waals surface area contributed by atoms with Crippen molar-refractivity contribution in [1.82, 2.24) is 15.3 Å². The van der Waals surface area contributed by atoms with Gasteiger partial charge in [0.25, 0.3) is 0 Å². The molecule has 1 aromatic carbocycles. The Hall–Kier alpha value is -1.65. The lowest BCUT2D eigenvalue weighted by molar-refractivity contribution is -0.113. The van der Waals surface area contributed by atoms with E-state index in [1.807, 2.05) is 30.3 Å². The van der Waals surface area contributed by atoms with E-state index in [2.05, 4.69) is 43.0 Å². The molecule has 0 bridgehead atoms. The van der Waals surface area contributed by atoms with Crippen LogP contribution in [0, 0.1) is 0 Å². The molecule has 0 aliphatic carbocycles. The molecule has 2 fully saturated rings. The summed E-state index contributed by atoms with van der Waals surface area (Å²) >= 11 is 0. The lowest BCUT2D eigenvalue weighted by Crippen LogP contribution is -2.59. The van der Waals surface area contributed by atoms with Crippen LogP contribution in [0.4, 0.5) is 0 Å². The fourth-order valence-corrected chi connectivity index (χ4v) is 3.99. The summed E-state index contributed by atoms with van der Waals surface area (Å²) in [5.74, 6) is 0.0558. The van der Waals surface area contributed by atoms with Gasteiger partial charge in [0.1, 0.15) is 0 Å². The predicted molar refractivity (Wildman–Crippen MR) is 92.8 cm³/mol. The zero-order chi connectivity index (χ0) is 16.7. The van der Waals surface area contributed by atoms with E-state index in [0.717, 1.165) is 24.4 Å². The molecule has 124 valence electrons. The summed E-state index contributed by atoms with van der Waals surface area (Å²) in [6, 6.07) is 9.47. The molecule has 0 unspecified atom stereocenters. The Bertz CT molecular complexity index is 613. The van der Waals surface area contributed by atoms with Crippen LogP contribution in [0.25, 0.3) is 0 Å². The van der Waals surface area contributed by atoms with E-state index in [0.29, 0.717) is 0 Å². The number of hydrogen-bond donors (Lipinski definition) is 1. The second kappa shape index (κ2) is 5.77. The zero-order valence-electron chi connectivity index (χ0n) is 14.6. The molecule has 4 nitrogen and oxygen atoms in total. The number of allylic oxidation sites excluding steroid dienone is 1. The second-order valence-electron chi connectivity index (χ2n) is 7.50. The van der Waals surface area contributed by atoms with Crippen LogP contribution in [-0.2, 0) is 0 Å². The second-order valence-corrected chi connectivity index (χ2v) is 7.50. The van der Waals surface area contributed by atoms with Gasteiger partial charge in [-0.15, -0.1) is 0 Å². The minimum Gasteiger partial charge on any atom is -0.368 e. The molecule has 1 N–H and O–H groups in total. The fourth-order valence-electron chi connectivity index (χ4n) is 3.99. The maximum atomic E-state index is 12.6. The molecule has 2 heterocycles. The molecule has 3 rings (SSSR count). The van der Waals surface area contributed by atoms with Gasteiger partial charge < -0.3 is 5.32 Å². The van der Waals surface area contributed by atoms with Gasteiger partial charge in [-0.25, -0.2) is 10.0 Å². The highest BCUT2D eigenvalue weighted by atomic mass is 16.1. The number of ketones is 1. The molecule has 2 aliphatic heterocycles. The van der Waals surface area contributed by atoms with Crippen molar-refractivity contribution in [2.45, 2.75) is 51.7 Å². The predicted octanol–water partition coefficient (Wildman–Crippen LogP) is 3.18. The molecule has 2 aliphatic rings. The Morgan fingerprint density at radius 1 is 1.09 bits per heavy atom. The van der Waals surface area contributed by atoms with Crippen LogP contribution in [0.5, 0.6) is 0 Å². The molecule has 2 saturated heterocycles. The van der Waals surface area contributed by atoms with Crippen molar-refractivity contribution >= 4 is 5.78 Å². The van der Waals surface area contributed by atoms with E-state index in [1.165, 1.54) is 12.8 Å². The van der Waals surface area contributed by atoms with Crippen molar-refractivity contribution in [3.05, 3.63) is 47.7 Å². The summed E-state index contributed by atoms with van der Waals surface area (Å²) in [7, 11) is 0. The van der Waals surface area contributed by atoms with Gasteiger partial charge in [0.2, 0.25) is 0 Å². The highest BCUT2D eigenvalue weighted by Crippen LogP contribution is 2.39. The number of hydrazine groups is 1. The van der Waals surface area contributed by atoms with Crippen molar-refractivity contribution in [3.63, 3.8) is 0 Å². The van der Waals surface area contributed by atoms with Crippen LogP contribution in [0.2, 0.25) is 0 Å². The first-order valence-electron chi connectivity index (χ1n) is 8.47. The van der Waals surface area contributed by atoms with E-state index < -0.39 is 0 Å². The molecule has 0 radical (unpaired) electrons. The van der Waals surface area contributed by atoms with Gasteiger partial charge in [0.15, 0.2) is 5.78 Å². The molecule has 0 aromatic heterocycles. The molecule has 0 atom stereocenters. The van der Waals surface area contributed by atoms with E-state index in [4.69, 9.17) is 0 Å². The van der Waals surface area contributed by atoms with Gasteiger partial charge in [0, 0.05) is 30.4 Å². The number of carbonyl (C=O) groups excluding carboxylic acids is 1. The maximum Gasteiger partial charge on any atom is 0.187 e. The summed E-state index contributed by atoms with van der Waals surface area (Å²) in [4.78, 5) is 12.6. The van der Waals surface area contributed by atoms with E-state index in [9.17, 15) is 4.79 Å². The van der Waals surface area contributed by atoms with E-state index >= 15 is 0 Å². The summed E-state index contributed by atoms with van der Waals surface area (Å²) in [6.07, 6.45) is 4.25. The largest absolute Gasteiger partial charge is 0.368 e. The standard InChI is InChI=1S/C19H27N3O/c1-18(2)17(14-16(23)15-10-6-5-7-11-15)20-19(3,4)22(18)21-12-8-9-13-21/h5-7,10-11,14,20H,8-9,12-13H2,1-4H3. The first-order valence-corrected chi connectivity index (χ1v) is 8.47. The third kappa shape index (κ3) is 2.93. The number of carbonyl (C=O) groups is 1. The Kier molecular flexibility index (Phi) is 4.07. The van der Waals surface area contributed by atoms with Crippen LogP contribution >= 0.6 is 0 Å². The average molecular weight is 313 g/mol. The van der Waals surface area contributed by atoms with Gasteiger partial charge in [-0.05, 0) is 40.5 Å². The molecule has 0 saturated carbocycles. The topological polar surface area (TPSA) is 35.6 Å². The molecule has 4 heteroatoms. The van der Waals surface area contributed by atoms with Crippen LogP contribution in [-0.4, -0.2) is 40.1 Å². The molecular formula is C19H27N3O. The molecule has 1 aromatic rings. The maximum absolute atomic E-state index is 12.6. The lowest BCUT2D eigenvalue weighted by atomic mass is 9.98. The number of nitrogens with one attached hydrogen (secondary N) is 1. The van der Waals surface area contributed by atoms with Crippen LogP contribution in [0.1, 0.15) is 50.9 Å². The van der Waals surface area contributed by atoms with Crippen molar-refractivity contribution in [2.24, 2.45) is 0 Å². The molecule has 0 spiro atoms. The Morgan fingerprint density at radius 2 is 1.70 bits per heavy atom. The SMILES string of the molecule is CC1(C)NC(=CC(=O)c2ccccc2)C(C)(C)N1N1CCCC1. The number of rotatable bonds is 3. The summed E-state index contributed by atoms with van der Waals surface area (Å²) in [5, 5.41) is 8.42. The van der Waals surface area contributed by atoms with Crippen molar-refractivity contribution in [1.29, 1.82) is 0 Å². The number of benzene rings is 1.